The van der Waals surface area contributed by atoms with Crippen LogP contribution in [0.15, 0.2) is 162 Å². The quantitative estimate of drug-likeness (QED) is 0.187. The second-order valence-electron chi connectivity index (χ2n) is 12.8. The van der Waals surface area contributed by atoms with Crippen molar-refractivity contribution in [3.05, 3.63) is 158 Å². The fraction of sp³-hybridized carbons (Fsp3) is 0. The number of benzene rings is 7. The van der Waals surface area contributed by atoms with E-state index in [0.717, 1.165) is 64.5 Å². The van der Waals surface area contributed by atoms with Gasteiger partial charge in [0.1, 0.15) is 5.58 Å². The molecule has 0 bridgehead atoms. The van der Waals surface area contributed by atoms with Crippen LogP contribution in [0.5, 0.6) is 0 Å². The molecule has 51 heavy (non-hydrogen) atoms. The second kappa shape index (κ2) is 10.9. The molecule has 7 aromatic carbocycles. The third-order valence-electron chi connectivity index (χ3n) is 9.87. The Hall–Kier alpha value is -6.63. The number of thiophene rings is 1. The lowest BCUT2D eigenvalue weighted by molar-refractivity contribution is 0.673. The minimum absolute atomic E-state index is 0.649. The molecule has 0 atom stereocenters. The first-order valence-corrected chi connectivity index (χ1v) is 17.8. The van der Waals surface area contributed by atoms with Crippen molar-refractivity contribution in [2.24, 2.45) is 0 Å². The molecule has 6 heteroatoms. The predicted molar refractivity (Wildman–Crippen MR) is 211 cm³/mol. The average molecular weight is 671 g/mol. The average Bonchev–Trinajstić information content (AvgIpc) is 3.88. The van der Waals surface area contributed by atoms with Gasteiger partial charge in [-0.05, 0) is 42.5 Å². The molecule has 0 spiro atoms. The molecule has 0 N–H and O–H groups in total. The van der Waals surface area contributed by atoms with Crippen LogP contribution >= 0.6 is 11.3 Å². The first-order valence-electron chi connectivity index (χ1n) is 16.9. The van der Waals surface area contributed by atoms with E-state index in [4.69, 9.17) is 19.4 Å². The molecule has 0 saturated carbocycles. The Labute approximate surface area is 295 Å². The summed E-state index contributed by atoms with van der Waals surface area (Å²) >= 11 is 1.74. The standard InChI is InChI=1S/C45H26N4OS/c1-3-12-27(13-4-1)43-46-44(28-14-5-2-6-15-28)48-45(47-43)35-19-11-18-33-34-24-23-32-36-26-29(22-25-39(36)50-40(32)42(34)51-41(33)35)49-37-20-9-7-16-30(37)31-17-8-10-21-38(31)49/h1-26H. The van der Waals surface area contributed by atoms with Crippen molar-refractivity contribution in [1.29, 1.82) is 0 Å². The second-order valence-corrected chi connectivity index (χ2v) is 13.8. The van der Waals surface area contributed by atoms with E-state index in [1.807, 2.05) is 60.7 Å². The zero-order valence-electron chi connectivity index (χ0n) is 27.1. The van der Waals surface area contributed by atoms with Crippen LogP contribution in [0.2, 0.25) is 0 Å². The minimum Gasteiger partial charge on any atom is -0.455 e. The van der Waals surface area contributed by atoms with Gasteiger partial charge in [0.15, 0.2) is 23.1 Å². The number of aromatic nitrogens is 4. The highest BCUT2D eigenvalue weighted by molar-refractivity contribution is 7.27. The number of rotatable bonds is 4. The van der Waals surface area contributed by atoms with Crippen molar-refractivity contribution in [1.82, 2.24) is 19.5 Å². The van der Waals surface area contributed by atoms with Gasteiger partial charge in [0.05, 0.1) is 15.7 Å². The Kier molecular flexibility index (Phi) is 6.05. The van der Waals surface area contributed by atoms with Gasteiger partial charge in [-0.25, -0.2) is 15.0 Å². The van der Waals surface area contributed by atoms with E-state index >= 15 is 0 Å². The molecule has 0 saturated heterocycles. The van der Waals surface area contributed by atoms with E-state index in [1.54, 1.807) is 11.3 Å². The van der Waals surface area contributed by atoms with Crippen molar-refractivity contribution >= 4 is 75.3 Å². The highest BCUT2D eigenvalue weighted by atomic mass is 32.1. The third-order valence-corrected chi connectivity index (χ3v) is 11.1. The van der Waals surface area contributed by atoms with Crippen LogP contribution in [0, 0.1) is 0 Å². The fourth-order valence-corrected chi connectivity index (χ4v) is 8.82. The zero-order valence-corrected chi connectivity index (χ0v) is 27.9. The first kappa shape index (κ1) is 28.2. The molecule has 238 valence electrons. The van der Waals surface area contributed by atoms with Crippen LogP contribution in [-0.4, -0.2) is 19.5 Å². The molecule has 0 fully saturated rings. The van der Waals surface area contributed by atoms with Crippen molar-refractivity contribution in [2.75, 3.05) is 0 Å². The van der Waals surface area contributed by atoms with E-state index in [2.05, 4.69) is 102 Å². The van der Waals surface area contributed by atoms with Gasteiger partial charge in [-0.15, -0.1) is 11.3 Å². The number of fused-ring (bicyclic) bond motifs is 10. The van der Waals surface area contributed by atoms with Crippen molar-refractivity contribution in [2.45, 2.75) is 0 Å². The summed E-state index contributed by atoms with van der Waals surface area (Å²) in [6.45, 7) is 0. The molecular weight excluding hydrogens is 645 g/mol. The number of nitrogens with zero attached hydrogens (tertiary/aromatic N) is 4. The highest BCUT2D eigenvalue weighted by Gasteiger charge is 2.20. The molecule has 0 radical (unpaired) electrons. The smallest absolute Gasteiger partial charge is 0.165 e. The molecule has 4 heterocycles. The highest BCUT2D eigenvalue weighted by Crippen LogP contribution is 2.45. The summed E-state index contributed by atoms with van der Waals surface area (Å²) < 4.78 is 11.3. The molecule has 11 rings (SSSR count). The Morgan fingerprint density at radius 1 is 0.431 bits per heavy atom. The van der Waals surface area contributed by atoms with Crippen LogP contribution in [0.1, 0.15) is 0 Å². The zero-order chi connectivity index (χ0) is 33.5. The van der Waals surface area contributed by atoms with E-state index in [-0.39, 0.29) is 0 Å². The molecule has 0 amide bonds. The van der Waals surface area contributed by atoms with Crippen LogP contribution in [0.4, 0.5) is 0 Å². The Morgan fingerprint density at radius 3 is 1.69 bits per heavy atom. The number of furan rings is 1. The summed E-state index contributed by atoms with van der Waals surface area (Å²) in [5, 5.41) is 7.01. The van der Waals surface area contributed by atoms with Crippen LogP contribution < -0.4 is 0 Å². The fourth-order valence-electron chi connectivity index (χ4n) is 7.52. The van der Waals surface area contributed by atoms with Gasteiger partial charge < -0.3 is 8.98 Å². The molecule has 0 aliphatic heterocycles. The maximum absolute atomic E-state index is 6.70. The lowest BCUT2D eigenvalue weighted by Crippen LogP contribution is -2.00. The molecule has 0 aliphatic rings. The Bertz CT molecular complexity index is 3030. The summed E-state index contributed by atoms with van der Waals surface area (Å²) in [6.07, 6.45) is 0. The SMILES string of the molecule is c1ccc(-c2nc(-c3ccccc3)nc(-c3cccc4c3sc3c4ccc4c5cc(-n6c7ccccc7c7ccccc76)ccc5oc43)n2)cc1. The minimum atomic E-state index is 0.649. The van der Waals surface area contributed by atoms with Gasteiger partial charge in [0.25, 0.3) is 0 Å². The largest absolute Gasteiger partial charge is 0.455 e. The first-order chi connectivity index (χ1) is 25.3. The van der Waals surface area contributed by atoms with Crippen LogP contribution in [0.3, 0.4) is 0 Å². The summed E-state index contributed by atoms with van der Waals surface area (Å²) in [4.78, 5) is 15.0. The topological polar surface area (TPSA) is 56.7 Å². The van der Waals surface area contributed by atoms with Crippen molar-refractivity contribution < 1.29 is 4.42 Å². The van der Waals surface area contributed by atoms with Gasteiger partial charge in [0, 0.05) is 59.4 Å². The molecule has 5 nitrogen and oxygen atoms in total. The lowest BCUT2D eigenvalue weighted by atomic mass is 10.1. The molecular formula is C45H26N4OS. The normalized spacial score (nSPS) is 11.9. The van der Waals surface area contributed by atoms with Gasteiger partial charge in [0.2, 0.25) is 0 Å². The monoisotopic (exact) mass is 670 g/mol. The van der Waals surface area contributed by atoms with Crippen molar-refractivity contribution in [3.63, 3.8) is 0 Å². The molecule has 0 aliphatic carbocycles. The van der Waals surface area contributed by atoms with E-state index in [0.29, 0.717) is 17.5 Å². The number of hydrogen-bond acceptors (Lipinski definition) is 5. The summed E-state index contributed by atoms with van der Waals surface area (Å²) in [5.74, 6) is 1.95. The van der Waals surface area contributed by atoms with Crippen molar-refractivity contribution in [3.8, 4) is 39.9 Å². The van der Waals surface area contributed by atoms with Crippen LogP contribution in [0.25, 0.3) is 104 Å². The third kappa shape index (κ3) is 4.30. The van der Waals surface area contributed by atoms with Gasteiger partial charge in [-0.1, -0.05) is 115 Å². The maximum atomic E-state index is 6.70. The molecule has 4 aromatic heterocycles. The van der Waals surface area contributed by atoms with Gasteiger partial charge in [-0.2, -0.15) is 0 Å². The molecule has 11 aromatic rings. The summed E-state index contributed by atoms with van der Waals surface area (Å²) in [5.41, 5.74) is 8.14. The van der Waals surface area contributed by atoms with Gasteiger partial charge in [-0.3, -0.25) is 0 Å². The van der Waals surface area contributed by atoms with Gasteiger partial charge >= 0.3 is 0 Å². The summed E-state index contributed by atoms with van der Waals surface area (Å²) in [6, 6.07) is 54.9. The maximum Gasteiger partial charge on any atom is 0.165 e. The molecule has 0 unspecified atom stereocenters. The predicted octanol–water partition coefficient (Wildman–Crippen LogP) is 12.2. The Morgan fingerprint density at radius 2 is 1.00 bits per heavy atom. The van der Waals surface area contributed by atoms with Crippen LogP contribution in [-0.2, 0) is 0 Å². The number of hydrogen-bond donors (Lipinski definition) is 0. The van der Waals surface area contributed by atoms with E-state index in [1.165, 1.54) is 21.8 Å². The van der Waals surface area contributed by atoms with E-state index in [9.17, 15) is 0 Å². The lowest BCUT2D eigenvalue weighted by Gasteiger charge is -2.09. The summed E-state index contributed by atoms with van der Waals surface area (Å²) in [7, 11) is 0. The number of para-hydroxylation sites is 2. The van der Waals surface area contributed by atoms with E-state index < -0.39 is 0 Å². The Balaban J connectivity index is 1.12.